The van der Waals surface area contributed by atoms with Gasteiger partial charge in [-0.1, -0.05) is 34.6 Å². The number of carbonyl (C=O) groups is 3. The van der Waals surface area contributed by atoms with Gasteiger partial charge in [0.05, 0.1) is 37.3 Å². The number of nitrogens with two attached hydrogens (primary N) is 3. The average molecular weight is 978 g/mol. The molecule has 0 amide bonds. The van der Waals surface area contributed by atoms with Gasteiger partial charge in [0.15, 0.2) is 59.1 Å². The molecule has 6 aromatic heterocycles. The Morgan fingerprint density at radius 3 is 1.59 bits per heavy atom. The molecule has 0 spiro atoms. The van der Waals surface area contributed by atoms with Crippen molar-refractivity contribution in [2.45, 2.75) is 157 Å². The van der Waals surface area contributed by atoms with Gasteiger partial charge in [-0.2, -0.15) is 0 Å². The molecule has 9 heterocycles. The number of aryl methyl sites for hydroxylation is 3. The molecule has 0 saturated carbocycles. The number of hydrogen-bond donors (Lipinski definition) is 6. The van der Waals surface area contributed by atoms with Gasteiger partial charge in [-0.15, -0.1) is 0 Å². The highest BCUT2D eigenvalue weighted by molar-refractivity contribution is 5.83. The number of nitrogens with one attached hydrogen (secondary N) is 1. The smallest absolute Gasteiger partial charge is 0.305 e. The second kappa shape index (κ2) is 22.3. The topological polar surface area (TPSA) is 367 Å². The predicted molar refractivity (Wildman–Crippen MR) is 250 cm³/mol. The van der Waals surface area contributed by atoms with Crippen molar-refractivity contribution < 1.29 is 53.0 Å². The summed E-state index contributed by atoms with van der Waals surface area (Å²) in [7, 11) is 0. The van der Waals surface area contributed by atoms with Crippen LogP contribution in [-0.2, 0) is 42.8 Å². The summed E-state index contributed by atoms with van der Waals surface area (Å²) in [6.45, 7) is 19.2. The van der Waals surface area contributed by atoms with E-state index in [9.17, 15) is 24.6 Å². The summed E-state index contributed by atoms with van der Waals surface area (Å²) in [6, 6.07) is 0. The summed E-state index contributed by atoms with van der Waals surface area (Å²) in [5.41, 5.74) is 20.7. The van der Waals surface area contributed by atoms with Crippen LogP contribution in [0.15, 0.2) is 19.0 Å². The lowest BCUT2D eigenvalue weighted by atomic mass is 9.98. The van der Waals surface area contributed by atoms with E-state index in [-0.39, 0.29) is 35.8 Å². The first-order chi connectivity index (χ1) is 33.2. The van der Waals surface area contributed by atoms with E-state index < -0.39 is 61.2 Å². The van der Waals surface area contributed by atoms with E-state index in [4.69, 9.17) is 45.6 Å². The van der Waals surface area contributed by atoms with Gasteiger partial charge < -0.3 is 60.8 Å². The standard InChI is InChI=1S/C15H21N5O3.C12H17N5O3.C11H18O5.C6H7N5/c1-5-10-7(2)12(22-9(4)21)15(23-10)20-6-17-11-13(16)18-8(3)19-14(11)20;1-3-6-8(18)9(19)12(20-6)17-4-14-7-10(13)15-5(2)16-11(7)17;1-5-9-6(2)10(14-7(3)12)11(16-9)15-8(4)13;1-3-10-5(7)4-6(11-3)9-2-8-4/h6-7,10,12,15H,5H2,1-4H3,(H2,16,18,19);4,6,8-9,12,18-19H,3H2,1-2H3,(H2,13,15,16);6,9-11H,5H2,1-4H3;2H,1H3,(H3,7,8,9,10,11)/t7-,10-,12-,15?;6-,8-,9-,12?;6-,9-,10-,11?;/m111./s1. The van der Waals surface area contributed by atoms with Crippen LogP contribution in [0.3, 0.4) is 0 Å². The Bertz CT molecular complexity index is 2780. The molecule has 3 fully saturated rings. The predicted octanol–water partition coefficient (Wildman–Crippen LogP) is 2.83. The first kappa shape index (κ1) is 52.6. The number of ether oxygens (including phenoxy) is 6. The third-order valence-electron chi connectivity index (χ3n) is 11.9. The summed E-state index contributed by atoms with van der Waals surface area (Å²) < 4.78 is 36.3. The van der Waals surface area contributed by atoms with Crippen molar-refractivity contribution >= 4 is 68.9 Å². The largest absolute Gasteiger partial charge is 0.457 e. The van der Waals surface area contributed by atoms with Crippen molar-refractivity contribution in [3.63, 3.8) is 0 Å². The summed E-state index contributed by atoms with van der Waals surface area (Å²) in [5, 5.41) is 20.1. The molecule has 9 N–H and O–H groups in total. The van der Waals surface area contributed by atoms with Crippen LogP contribution < -0.4 is 17.2 Å². The van der Waals surface area contributed by atoms with Crippen molar-refractivity contribution in [1.29, 1.82) is 0 Å². The molecule has 0 aliphatic carbocycles. The van der Waals surface area contributed by atoms with Crippen LogP contribution >= 0.6 is 0 Å². The Hall–Kier alpha value is -6.74. The number of nitrogen functional groups attached to an aromatic ring is 3. The second-order valence-corrected chi connectivity index (χ2v) is 17.1. The highest BCUT2D eigenvalue weighted by Crippen LogP contribution is 2.39. The van der Waals surface area contributed by atoms with Gasteiger partial charge in [0.1, 0.15) is 46.2 Å². The number of aliphatic hydroxyl groups is 2. The Balaban J connectivity index is 0.000000158. The van der Waals surface area contributed by atoms with Crippen molar-refractivity contribution in [2.24, 2.45) is 11.8 Å². The summed E-state index contributed by atoms with van der Waals surface area (Å²) in [4.78, 5) is 73.5. The number of fused-ring (bicyclic) bond motifs is 3. The van der Waals surface area contributed by atoms with Gasteiger partial charge in [-0.25, -0.2) is 44.9 Å². The molecule has 3 saturated heterocycles. The second-order valence-electron chi connectivity index (χ2n) is 17.1. The summed E-state index contributed by atoms with van der Waals surface area (Å²) in [5.74, 6) is 1.70. The number of nitrogens with zero attached hydrogens (tertiary/aromatic N) is 11. The number of carbonyl (C=O) groups excluding carboxylic acids is 3. The Morgan fingerprint density at radius 1 is 0.614 bits per heavy atom. The van der Waals surface area contributed by atoms with E-state index in [2.05, 4.69) is 49.8 Å². The number of imidazole rings is 3. The highest BCUT2D eigenvalue weighted by atomic mass is 16.7. The van der Waals surface area contributed by atoms with Gasteiger partial charge in [0, 0.05) is 32.6 Å². The molecular weight excluding hydrogens is 915 g/mol. The SMILES string of the molecule is CC[C@H]1OC(OC(C)=O)[C@H](OC(C)=O)[C@@H]1C.CC[C@H]1OC(n2cnc3c(N)nc(C)nc32)[C@H](O)[C@@H]1O.CC[C@H]1OC(n2cnc3c(N)nc(C)nc32)[C@H](OC(C)=O)[C@@H]1C.Cc1nc(N)c2[nH]cnc2n1. The van der Waals surface area contributed by atoms with Crippen LogP contribution in [0.5, 0.6) is 0 Å². The first-order valence-electron chi connectivity index (χ1n) is 22.9. The molecule has 70 heavy (non-hydrogen) atoms. The van der Waals surface area contributed by atoms with Gasteiger partial charge >= 0.3 is 17.9 Å². The van der Waals surface area contributed by atoms with E-state index in [0.717, 1.165) is 12.8 Å². The molecule has 6 aromatic rings. The number of aliphatic hydroxyl groups excluding tert-OH is 2. The van der Waals surface area contributed by atoms with Crippen LogP contribution in [0.1, 0.15) is 105 Å². The van der Waals surface area contributed by atoms with Crippen molar-refractivity contribution in [2.75, 3.05) is 17.2 Å². The molecule has 9 rings (SSSR count). The maximum absolute atomic E-state index is 11.5. The number of aromatic amines is 1. The maximum atomic E-state index is 11.5. The van der Waals surface area contributed by atoms with E-state index in [0.29, 0.717) is 69.0 Å². The number of anilines is 3. The van der Waals surface area contributed by atoms with E-state index in [1.165, 1.54) is 27.1 Å². The molecule has 380 valence electrons. The fourth-order valence-electron chi connectivity index (χ4n) is 8.56. The van der Waals surface area contributed by atoms with Gasteiger partial charge in [0.2, 0.25) is 6.29 Å². The van der Waals surface area contributed by atoms with E-state index >= 15 is 0 Å². The van der Waals surface area contributed by atoms with Crippen LogP contribution in [0.4, 0.5) is 17.5 Å². The van der Waals surface area contributed by atoms with Crippen LogP contribution in [0.25, 0.3) is 33.5 Å². The Morgan fingerprint density at radius 2 is 1.07 bits per heavy atom. The zero-order chi connectivity index (χ0) is 51.3. The van der Waals surface area contributed by atoms with Crippen molar-refractivity contribution in [3.05, 3.63) is 36.5 Å². The van der Waals surface area contributed by atoms with E-state index in [1.54, 1.807) is 42.6 Å². The zero-order valence-electron chi connectivity index (χ0n) is 41.0. The molecule has 3 aliphatic rings. The normalized spacial score (nSPS) is 27.0. The van der Waals surface area contributed by atoms with Crippen molar-refractivity contribution in [3.8, 4) is 0 Å². The maximum Gasteiger partial charge on any atom is 0.305 e. The molecule has 12 atom stereocenters. The minimum absolute atomic E-state index is 0.00193. The minimum atomic E-state index is -1.03. The quantitative estimate of drug-likeness (QED) is 0.0943. The van der Waals surface area contributed by atoms with Crippen LogP contribution in [0, 0.1) is 32.6 Å². The summed E-state index contributed by atoms with van der Waals surface area (Å²) >= 11 is 0. The zero-order valence-corrected chi connectivity index (χ0v) is 41.0. The van der Waals surface area contributed by atoms with Gasteiger partial charge in [0.25, 0.3) is 0 Å². The van der Waals surface area contributed by atoms with Crippen LogP contribution in [-0.4, -0.2) is 136 Å². The number of aromatic nitrogens is 12. The average Bonchev–Trinajstić information content (AvgIpc) is 4.16. The van der Waals surface area contributed by atoms with E-state index in [1.807, 2.05) is 34.6 Å². The minimum Gasteiger partial charge on any atom is -0.457 e. The monoisotopic (exact) mass is 977 g/mol. The molecular formula is C44H63N15O11. The van der Waals surface area contributed by atoms with Crippen molar-refractivity contribution in [1.82, 2.24) is 59.0 Å². The molecule has 0 radical (unpaired) electrons. The Labute approximate surface area is 402 Å². The number of esters is 3. The lowest BCUT2D eigenvalue weighted by Gasteiger charge is -2.22. The molecule has 3 aliphatic heterocycles. The fraction of sp³-hybridized carbons (Fsp3) is 0.591. The first-order valence-corrected chi connectivity index (χ1v) is 22.9. The molecule has 0 bridgehead atoms. The fourth-order valence-corrected chi connectivity index (χ4v) is 8.56. The molecule has 26 nitrogen and oxygen atoms in total. The number of rotatable bonds is 8. The Kier molecular flexibility index (Phi) is 16.8. The molecule has 3 unspecified atom stereocenters. The number of H-pyrrole nitrogens is 1. The summed E-state index contributed by atoms with van der Waals surface area (Å²) in [6.07, 6.45) is 1.58. The van der Waals surface area contributed by atoms with Crippen LogP contribution in [0.2, 0.25) is 0 Å². The van der Waals surface area contributed by atoms with Gasteiger partial charge in [-0.05, 0) is 40.0 Å². The third kappa shape index (κ3) is 11.5. The third-order valence-corrected chi connectivity index (χ3v) is 11.9. The highest BCUT2D eigenvalue weighted by Gasteiger charge is 2.47. The number of hydrogen-bond acceptors (Lipinski definition) is 23. The molecule has 26 heteroatoms. The molecule has 0 aromatic carbocycles. The van der Waals surface area contributed by atoms with Gasteiger partial charge in [-0.3, -0.25) is 23.5 Å². The lowest BCUT2D eigenvalue weighted by Crippen LogP contribution is -2.33. The lowest BCUT2D eigenvalue weighted by molar-refractivity contribution is -0.194.